The Morgan fingerprint density at radius 1 is 1.43 bits per heavy atom. The Balaban J connectivity index is 1.71. The minimum Gasteiger partial charge on any atom is -0.467 e. The zero-order chi connectivity index (χ0) is 14.7. The second-order valence-corrected chi connectivity index (χ2v) is 4.71. The molecule has 1 amide bonds. The van der Waals surface area contributed by atoms with E-state index >= 15 is 0 Å². The molecule has 21 heavy (non-hydrogen) atoms. The van der Waals surface area contributed by atoms with E-state index in [1.54, 1.807) is 24.5 Å². The predicted octanol–water partition coefficient (Wildman–Crippen LogP) is 1.55. The molecule has 0 radical (unpaired) electrons. The van der Waals surface area contributed by atoms with E-state index in [-0.39, 0.29) is 18.9 Å². The molecule has 0 aliphatic carbocycles. The van der Waals surface area contributed by atoms with Crippen LogP contribution in [0.1, 0.15) is 17.4 Å². The van der Waals surface area contributed by atoms with Crippen LogP contribution in [0, 0.1) is 0 Å². The molecule has 0 saturated carbocycles. The van der Waals surface area contributed by atoms with Gasteiger partial charge in [-0.25, -0.2) is 4.98 Å². The van der Waals surface area contributed by atoms with Crippen molar-refractivity contribution in [2.24, 2.45) is 0 Å². The van der Waals surface area contributed by atoms with Gasteiger partial charge < -0.3 is 19.8 Å². The van der Waals surface area contributed by atoms with Crippen LogP contribution >= 0.6 is 0 Å². The lowest BCUT2D eigenvalue weighted by Crippen LogP contribution is -2.31. The van der Waals surface area contributed by atoms with Gasteiger partial charge >= 0.3 is 0 Å². The van der Waals surface area contributed by atoms with E-state index in [1.807, 2.05) is 12.1 Å². The van der Waals surface area contributed by atoms with Crippen LogP contribution in [0.3, 0.4) is 0 Å². The van der Waals surface area contributed by atoms with Crippen molar-refractivity contribution in [2.75, 3.05) is 6.61 Å². The molecule has 0 spiro atoms. The fourth-order valence-electron chi connectivity index (χ4n) is 2.27. The van der Waals surface area contributed by atoms with Crippen molar-refractivity contribution in [3.8, 4) is 0 Å². The Morgan fingerprint density at radius 3 is 3.10 bits per heavy atom. The molecule has 108 valence electrons. The predicted molar refractivity (Wildman–Crippen MR) is 76.5 cm³/mol. The number of hydrogen-bond acceptors (Lipinski definition) is 4. The molecule has 0 aliphatic heterocycles. The number of aromatic amines is 1. The Morgan fingerprint density at radius 2 is 2.33 bits per heavy atom. The summed E-state index contributed by atoms with van der Waals surface area (Å²) in [4.78, 5) is 19.3. The van der Waals surface area contributed by atoms with Gasteiger partial charge in [0.25, 0.3) is 0 Å². The first-order valence-corrected chi connectivity index (χ1v) is 6.62. The van der Waals surface area contributed by atoms with Crippen molar-refractivity contribution in [1.29, 1.82) is 0 Å². The average molecular weight is 285 g/mol. The first-order valence-electron chi connectivity index (χ1n) is 6.62. The molecule has 6 heteroatoms. The number of nitrogens with zero attached hydrogens (tertiary/aromatic N) is 1. The molecule has 3 N–H and O–H groups in total. The smallest absolute Gasteiger partial charge is 0.225 e. The Bertz CT molecular complexity index is 734. The highest BCUT2D eigenvalue weighted by molar-refractivity contribution is 5.87. The summed E-state index contributed by atoms with van der Waals surface area (Å²) in [6.07, 6.45) is 5.19. The number of rotatable bonds is 5. The Kier molecular flexibility index (Phi) is 3.70. The molecule has 3 rings (SSSR count). The standard InChI is InChI=1S/C15H15N3O3/c19-9-12(13-4-2-6-21-13)18-14(20)7-10-8-17-15-11(10)3-1-5-16-15/h1-6,8,12,19H,7,9H2,(H,16,17)(H,18,20). The largest absolute Gasteiger partial charge is 0.467 e. The number of furan rings is 1. The van der Waals surface area contributed by atoms with Gasteiger partial charge in [-0.3, -0.25) is 4.79 Å². The van der Waals surface area contributed by atoms with E-state index < -0.39 is 6.04 Å². The van der Waals surface area contributed by atoms with E-state index in [1.165, 1.54) is 6.26 Å². The second-order valence-electron chi connectivity index (χ2n) is 4.71. The molecule has 0 aliphatic rings. The number of H-pyrrole nitrogens is 1. The van der Waals surface area contributed by atoms with Gasteiger partial charge in [-0.1, -0.05) is 0 Å². The first-order chi connectivity index (χ1) is 10.3. The van der Waals surface area contributed by atoms with Gasteiger partial charge in [0.15, 0.2) is 0 Å². The van der Waals surface area contributed by atoms with Crippen LogP contribution in [0.2, 0.25) is 0 Å². The first kappa shape index (κ1) is 13.4. The lowest BCUT2D eigenvalue weighted by Gasteiger charge is -2.13. The number of nitrogens with one attached hydrogen (secondary N) is 2. The normalized spacial score (nSPS) is 12.4. The van der Waals surface area contributed by atoms with Crippen molar-refractivity contribution >= 4 is 16.9 Å². The van der Waals surface area contributed by atoms with Gasteiger partial charge in [0.1, 0.15) is 17.4 Å². The maximum Gasteiger partial charge on any atom is 0.225 e. The van der Waals surface area contributed by atoms with Crippen LogP contribution in [-0.2, 0) is 11.2 Å². The third-order valence-corrected chi connectivity index (χ3v) is 3.29. The van der Waals surface area contributed by atoms with Crippen LogP contribution in [-0.4, -0.2) is 27.6 Å². The molecule has 0 fully saturated rings. The molecule has 0 aromatic carbocycles. The van der Waals surface area contributed by atoms with Gasteiger partial charge in [-0.2, -0.15) is 0 Å². The lowest BCUT2D eigenvalue weighted by atomic mass is 10.1. The number of hydrogen-bond donors (Lipinski definition) is 3. The molecule has 1 unspecified atom stereocenters. The molecular weight excluding hydrogens is 270 g/mol. The summed E-state index contributed by atoms with van der Waals surface area (Å²) in [7, 11) is 0. The second kappa shape index (κ2) is 5.80. The highest BCUT2D eigenvalue weighted by Gasteiger charge is 2.17. The minimum atomic E-state index is -0.532. The summed E-state index contributed by atoms with van der Waals surface area (Å²) in [5, 5.41) is 13.0. The van der Waals surface area contributed by atoms with Crippen molar-refractivity contribution < 1.29 is 14.3 Å². The summed E-state index contributed by atoms with van der Waals surface area (Å²) >= 11 is 0. The molecule has 0 bridgehead atoms. The SMILES string of the molecule is O=C(Cc1c[nH]c2ncccc12)NC(CO)c1ccco1. The van der Waals surface area contributed by atoms with E-state index in [9.17, 15) is 9.90 Å². The van der Waals surface area contributed by atoms with Gasteiger partial charge in [0, 0.05) is 17.8 Å². The van der Waals surface area contributed by atoms with Gasteiger partial charge in [-0.05, 0) is 29.8 Å². The number of amides is 1. The van der Waals surface area contributed by atoms with E-state index in [0.29, 0.717) is 5.76 Å². The van der Waals surface area contributed by atoms with Crippen LogP contribution in [0.4, 0.5) is 0 Å². The summed E-state index contributed by atoms with van der Waals surface area (Å²) in [6, 6.07) is 6.65. The monoisotopic (exact) mass is 285 g/mol. The van der Waals surface area contributed by atoms with Gasteiger partial charge in [-0.15, -0.1) is 0 Å². The molecule has 0 saturated heterocycles. The third kappa shape index (κ3) is 2.80. The Labute approximate surface area is 120 Å². The van der Waals surface area contributed by atoms with E-state index in [0.717, 1.165) is 16.6 Å². The number of aliphatic hydroxyl groups is 1. The summed E-state index contributed by atoms with van der Waals surface area (Å²) in [5.74, 6) is 0.349. The topological polar surface area (TPSA) is 91.2 Å². The van der Waals surface area contributed by atoms with E-state index in [2.05, 4.69) is 15.3 Å². The number of aromatic nitrogens is 2. The number of carbonyl (C=O) groups excluding carboxylic acids is 1. The fraction of sp³-hybridized carbons (Fsp3) is 0.200. The van der Waals surface area contributed by atoms with Gasteiger partial charge in [0.2, 0.25) is 5.91 Å². The molecule has 3 aromatic rings. The van der Waals surface area contributed by atoms with Crippen molar-refractivity contribution in [3.63, 3.8) is 0 Å². The Hall–Kier alpha value is -2.60. The molecule has 3 aromatic heterocycles. The van der Waals surface area contributed by atoms with Gasteiger partial charge in [0.05, 0.1) is 19.3 Å². The zero-order valence-electron chi connectivity index (χ0n) is 11.2. The highest BCUT2D eigenvalue weighted by Crippen LogP contribution is 2.17. The van der Waals surface area contributed by atoms with Crippen LogP contribution in [0.25, 0.3) is 11.0 Å². The van der Waals surface area contributed by atoms with Crippen LogP contribution < -0.4 is 5.32 Å². The van der Waals surface area contributed by atoms with Crippen LogP contribution in [0.15, 0.2) is 47.3 Å². The maximum atomic E-state index is 12.1. The van der Waals surface area contributed by atoms with Crippen molar-refractivity contribution in [1.82, 2.24) is 15.3 Å². The number of aliphatic hydroxyl groups excluding tert-OH is 1. The highest BCUT2D eigenvalue weighted by atomic mass is 16.3. The quantitative estimate of drug-likeness (QED) is 0.663. The summed E-state index contributed by atoms with van der Waals surface area (Å²) in [5.41, 5.74) is 1.62. The zero-order valence-corrected chi connectivity index (χ0v) is 11.2. The number of carbonyl (C=O) groups is 1. The maximum absolute atomic E-state index is 12.1. The minimum absolute atomic E-state index is 0.185. The average Bonchev–Trinajstić information content (AvgIpc) is 3.15. The van der Waals surface area contributed by atoms with Crippen molar-refractivity contribution in [2.45, 2.75) is 12.5 Å². The number of fused-ring (bicyclic) bond motifs is 1. The molecule has 3 heterocycles. The number of pyridine rings is 1. The van der Waals surface area contributed by atoms with E-state index in [4.69, 9.17) is 4.42 Å². The molecule has 6 nitrogen and oxygen atoms in total. The molecule has 1 atom stereocenters. The fourth-order valence-corrected chi connectivity index (χ4v) is 2.27. The lowest BCUT2D eigenvalue weighted by molar-refractivity contribution is -0.121. The third-order valence-electron chi connectivity index (χ3n) is 3.29. The van der Waals surface area contributed by atoms with Crippen LogP contribution in [0.5, 0.6) is 0 Å². The molecular formula is C15H15N3O3. The summed E-state index contributed by atoms with van der Waals surface area (Å²) in [6.45, 7) is -0.214. The van der Waals surface area contributed by atoms with Crippen molar-refractivity contribution in [3.05, 3.63) is 54.2 Å². The summed E-state index contributed by atoms with van der Waals surface area (Å²) < 4.78 is 5.20.